The minimum atomic E-state index is -0.668. The third kappa shape index (κ3) is 7.48. The number of carbonyl (C=O) groups excluding carboxylic acids is 2. The standard InChI is InChI=1S/C17H25ClN2O3/c1-4-20(5-2)9-10-23-17(22)13(3)19-16(21)12-14-7-6-8-15(18)11-14/h6-8,11,13H,4-5,9-10,12H2,1-3H3,(H,19,21)/t13-/m0/s1. The molecule has 0 aromatic heterocycles. The molecule has 0 aliphatic carbocycles. The van der Waals surface area contributed by atoms with Crippen molar-refractivity contribution in [3.8, 4) is 0 Å². The molecule has 1 atom stereocenters. The van der Waals surface area contributed by atoms with Crippen molar-refractivity contribution in [1.82, 2.24) is 10.2 Å². The van der Waals surface area contributed by atoms with Crippen LogP contribution in [-0.2, 0) is 20.7 Å². The topological polar surface area (TPSA) is 58.6 Å². The summed E-state index contributed by atoms with van der Waals surface area (Å²) in [4.78, 5) is 26.0. The summed E-state index contributed by atoms with van der Waals surface area (Å²) in [5.74, 6) is -0.656. The van der Waals surface area contributed by atoms with Crippen LogP contribution in [0.4, 0.5) is 0 Å². The summed E-state index contributed by atoms with van der Waals surface area (Å²) in [6.07, 6.45) is 0.178. The minimum absolute atomic E-state index is 0.178. The fourth-order valence-electron chi connectivity index (χ4n) is 2.12. The van der Waals surface area contributed by atoms with Gasteiger partial charge < -0.3 is 15.0 Å². The van der Waals surface area contributed by atoms with Gasteiger partial charge >= 0.3 is 5.97 Å². The Labute approximate surface area is 142 Å². The van der Waals surface area contributed by atoms with E-state index in [1.807, 2.05) is 6.07 Å². The van der Waals surface area contributed by atoms with Gasteiger partial charge in [-0.05, 0) is 37.7 Å². The maximum absolute atomic E-state index is 11.9. The normalized spacial score (nSPS) is 12.0. The molecule has 128 valence electrons. The van der Waals surface area contributed by atoms with Crippen LogP contribution in [0.5, 0.6) is 0 Å². The van der Waals surface area contributed by atoms with E-state index in [4.69, 9.17) is 16.3 Å². The highest BCUT2D eigenvalue weighted by atomic mass is 35.5. The molecule has 0 saturated carbocycles. The maximum atomic E-state index is 11.9. The average molecular weight is 341 g/mol. The van der Waals surface area contributed by atoms with E-state index in [9.17, 15) is 9.59 Å². The molecule has 1 N–H and O–H groups in total. The molecule has 1 rings (SSSR count). The second-order valence-electron chi connectivity index (χ2n) is 5.29. The van der Waals surface area contributed by atoms with Crippen molar-refractivity contribution in [2.24, 2.45) is 0 Å². The highest BCUT2D eigenvalue weighted by Gasteiger charge is 2.17. The Morgan fingerprint density at radius 2 is 2.00 bits per heavy atom. The van der Waals surface area contributed by atoms with Gasteiger partial charge in [0.2, 0.25) is 5.91 Å². The van der Waals surface area contributed by atoms with Crippen molar-refractivity contribution >= 4 is 23.5 Å². The predicted molar refractivity (Wildman–Crippen MR) is 91.5 cm³/mol. The molecule has 1 amide bonds. The predicted octanol–water partition coefficient (Wildman–Crippen LogP) is 2.27. The smallest absolute Gasteiger partial charge is 0.328 e. The molecule has 23 heavy (non-hydrogen) atoms. The van der Waals surface area contributed by atoms with Gasteiger partial charge in [-0.25, -0.2) is 4.79 Å². The van der Waals surface area contributed by atoms with E-state index < -0.39 is 12.0 Å². The molecule has 0 bridgehead atoms. The molecule has 5 nitrogen and oxygen atoms in total. The van der Waals surface area contributed by atoms with E-state index in [0.717, 1.165) is 18.7 Å². The van der Waals surface area contributed by atoms with Crippen molar-refractivity contribution in [3.05, 3.63) is 34.9 Å². The van der Waals surface area contributed by atoms with Gasteiger partial charge in [-0.2, -0.15) is 0 Å². The summed E-state index contributed by atoms with van der Waals surface area (Å²) < 4.78 is 5.19. The third-order valence-electron chi connectivity index (χ3n) is 3.53. The molecule has 0 heterocycles. The fourth-order valence-corrected chi connectivity index (χ4v) is 2.34. The molecule has 0 saturated heterocycles. The van der Waals surface area contributed by atoms with Crippen molar-refractivity contribution < 1.29 is 14.3 Å². The van der Waals surface area contributed by atoms with Gasteiger partial charge in [-0.15, -0.1) is 0 Å². The SMILES string of the molecule is CCN(CC)CCOC(=O)[C@H](C)NC(=O)Cc1cccc(Cl)c1. The summed E-state index contributed by atoms with van der Waals surface area (Å²) in [6.45, 7) is 8.60. The van der Waals surface area contributed by atoms with Crippen LogP contribution in [0.3, 0.4) is 0 Å². The number of hydrogen-bond donors (Lipinski definition) is 1. The van der Waals surface area contributed by atoms with Gasteiger partial charge in [0.25, 0.3) is 0 Å². The van der Waals surface area contributed by atoms with Crippen LogP contribution >= 0.6 is 11.6 Å². The number of ether oxygens (including phenoxy) is 1. The van der Waals surface area contributed by atoms with Crippen molar-refractivity contribution in [2.45, 2.75) is 33.2 Å². The van der Waals surface area contributed by atoms with Gasteiger partial charge in [0.1, 0.15) is 12.6 Å². The monoisotopic (exact) mass is 340 g/mol. The first-order valence-corrected chi connectivity index (χ1v) is 8.26. The van der Waals surface area contributed by atoms with Gasteiger partial charge in [0.05, 0.1) is 6.42 Å². The summed E-state index contributed by atoms with van der Waals surface area (Å²) in [5, 5.41) is 3.23. The van der Waals surface area contributed by atoms with Crippen molar-refractivity contribution in [2.75, 3.05) is 26.2 Å². The second-order valence-corrected chi connectivity index (χ2v) is 5.73. The summed E-state index contributed by atoms with van der Waals surface area (Å²) in [5.41, 5.74) is 0.803. The Morgan fingerprint density at radius 1 is 1.30 bits per heavy atom. The van der Waals surface area contributed by atoms with Gasteiger partial charge in [-0.3, -0.25) is 4.79 Å². The highest BCUT2D eigenvalue weighted by Crippen LogP contribution is 2.11. The van der Waals surface area contributed by atoms with Gasteiger partial charge in [-0.1, -0.05) is 37.6 Å². The first-order valence-electron chi connectivity index (χ1n) is 7.89. The van der Waals surface area contributed by atoms with E-state index in [2.05, 4.69) is 24.1 Å². The largest absolute Gasteiger partial charge is 0.463 e. The van der Waals surface area contributed by atoms with Crippen LogP contribution in [0.15, 0.2) is 24.3 Å². The summed E-state index contributed by atoms with van der Waals surface area (Å²) in [7, 11) is 0. The van der Waals surface area contributed by atoms with Crippen LogP contribution in [-0.4, -0.2) is 49.1 Å². The molecule has 0 spiro atoms. The maximum Gasteiger partial charge on any atom is 0.328 e. The van der Waals surface area contributed by atoms with E-state index >= 15 is 0 Å². The van der Waals surface area contributed by atoms with Crippen LogP contribution in [0, 0.1) is 0 Å². The Morgan fingerprint density at radius 3 is 2.61 bits per heavy atom. The Hall–Kier alpha value is -1.59. The van der Waals surface area contributed by atoms with Crippen LogP contribution in [0.25, 0.3) is 0 Å². The Kier molecular flexibility index (Phi) is 8.66. The third-order valence-corrected chi connectivity index (χ3v) is 3.77. The lowest BCUT2D eigenvalue weighted by Gasteiger charge is -2.19. The van der Waals surface area contributed by atoms with Gasteiger partial charge in [0.15, 0.2) is 0 Å². The van der Waals surface area contributed by atoms with Gasteiger partial charge in [0, 0.05) is 11.6 Å². The van der Waals surface area contributed by atoms with E-state index in [1.54, 1.807) is 25.1 Å². The lowest BCUT2D eigenvalue weighted by Crippen LogP contribution is -2.41. The van der Waals surface area contributed by atoms with Crippen LogP contribution in [0.2, 0.25) is 5.02 Å². The number of halogens is 1. The average Bonchev–Trinajstić information content (AvgIpc) is 2.51. The van der Waals surface area contributed by atoms with Crippen LogP contribution < -0.4 is 5.32 Å². The van der Waals surface area contributed by atoms with E-state index in [0.29, 0.717) is 18.2 Å². The molecule has 6 heteroatoms. The lowest BCUT2D eigenvalue weighted by molar-refractivity contribution is -0.147. The Balaban J connectivity index is 2.35. The molecule has 0 radical (unpaired) electrons. The molecule has 0 unspecified atom stereocenters. The zero-order valence-corrected chi connectivity index (χ0v) is 14.7. The first kappa shape index (κ1) is 19.5. The number of esters is 1. The Bertz CT molecular complexity index is 518. The number of likely N-dealkylation sites (N-methyl/N-ethyl adjacent to an activating group) is 1. The number of rotatable bonds is 9. The number of carbonyl (C=O) groups is 2. The molecule has 0 aliphatic rings. The highest BCUT2D eigenvalue weighted by molar-refractivity contribution is 6.30. The number of nitrogens with one attached hydrogen (secondary N) is 1. The van der Waals surface area contributed by atoms with Crippen molar-refractivity contribution in [3.63, 3.8) is 0 Å². The number of hydrogen-bond acceptors (Lipinski definition) is 4. The fraction of sp³-hybridized carbons (Fsp3) is 0.529. The molecule has 0 aliphatic heterocycles. The summed E-state index contributed by atoms with van der Waals surface area (Å²) >= 11 is 5.88. The lowest BCUT2D eigenvalue weighted by atomic mass is 10.1. The minimum Gasteiger partial charge on any atom is -0.463 e. The molecular formula is C17H25ClN2O3. The zero-order chi connectivity index (χ0) is 17.2. The zero-order valence-electron chi connectivity index (χ0n) is 14.0. The van der Waals surface area contributed by atoms with Crippen LogP contribution in [0.1, 0.15) is 26.3 Å². The number of nitrogens with zero attached hydrogens (tertiary/aromatic N) is 1. The quantitative estimate of drug-likeness (QED) is 0.701. The van der Waals surface area contributed by atoms with Crippen molar-refractivity contribution in [1.29, 1.82) is 0 Å². The number of amides is 1. The summed E-state index contributed by atoms with van der Waals surface area (Å²) in [6, 6.07) is 6.42. The molecule has 0 fully saturated rings. The van der Waals surface area contributed by atoms with E-state index in [-0.39, 0.29) is 12.3 Å². The number of benzene rings is 1. The molecule has 1 aromatic rings. The molecule has 1 aromatic carbocycles. The van der Waals surface area contributed by atoms with E-state index in [1.165, 1.54) is 0 Å². The second kappa shape index (κ2) is 10.2. The molecular weight excluding hydrogens is 316 g/mol. The first-order chi connectivity index (χ1) is 11.0.